The van der Waals surface area contributed by atoms with Gasteiger partial charge in [0.25, 0.3) is 15.9 Å². The molecule has 1 atom stereocenters. The number of aliphatic imine (C=N–C) groups is 1. The summed E-state index contributed by atoms with van der Waals surface area (Å²) in [5.41, 5.74) is 8.37. The van der Waals surface area contributed by atoms with Crippen molar-refractivity contribution >= 4 is 27.6 Å². The largest absolute Gasteiger partial charge is 0.459 e. The summed E-state index contributed by atoms with van der Waals surface area (Å²) in [5, 5.41) is 0. The van der Waals surface area contributed by atoms with E-state index in [0.717, 1.165) is 15.4 Å². The minimum atomic E-state index is -3.88. The van der Waals surface area contributed by atoms with Gasteiger partial charge < -0.3 is 15.1 Å². The molecule has 0 saturated carbocycles. The van der Waals surface area contributed by atoms with Gasteiger partial charge in [-0.25, -0.2) is 17.7 Å². The summed E-state index contributed by atoms with van der Waals surface area (Å²) in [5.74, 6) is -0.0255. The molecule has 3 heterocycles. The van der Waals surface area contributed by atoms with Gasteiger partial charge in [0.2, 0.25) is 5.96 Å². The lowest BCUT2D eigenvalue weighted by Gasteiger charge is -2.20. The van der Waals surface area contributed by atoms with Gasteiger partial charge in [0.15, 0.2) is 5.76 Å². The number of anilines is 1. The van der Waals surface area contributed by atoms with Gasteiger partial charge in [-0.05, 0) is 47.9 Å². The molecule has 31 heavy (non-hydrogen) atoms. The number of benzene rings is 2. The van der Waals surface area contributed by atoms with Gasteiger partial charge in [-0.1, -0.05) is 30.3 Å². The first-order valence-electron chi connectivity index (χ1n) is 9.84. The number of furan rings is 1. The lowest BCUT2D eigenvalue weighted by molar-refractivity contribution is 0.0963. The van der Waals surface area contributed by atoms with Crippen LogP contribution in [0.3, 0.4) is 0 Å². The quantitative estimate of drug-likeness (QED) is 0.676. The molecule has 158 valence electrons. The number of hydrogen-bond donors (Lipinski definition) is 1. The molecule has 3 aromatic rings. The third kappa shape index (κ3) is 3.27. The summed E-state index contributed by atoms with van der Waals surface area (Å²) in [7, 11) is -3.88. The van der Waals surface area contributed by atoms with E-state index in [2.05, 4.69) is 4.99 Å². The van der Waals surface area contributed by atoms with Crippen LogP contribution in [0.15, 0.2) is 81.2 Å². The number of fused-ring (bicyclic) bond motifs is 1. The fraction of sp³-hybridized carbons (Fsp3) is 0.182. The number of carbonyl (C=O) groups excluding carboxylic acids is 1. The Kier molecular flexibility index (Phi) is 4.55. The second-order valence-corrected chi connectivity index (χ2v) is 9.29. The van der Waals surface area contributed by atoms with Gasteiger partial charge in [-0.2, -0.15) is 0 Å². The van der Waals surface area contributed by atoms with Gasteiger partial charge in [-0.3, -0.25) is 4.79 Å². The summed E-state index contributed by atoms with van der Waals surface area (Å²) < 4.78 is 32.9. The molecular formula is C22H20N4O4S. The number of sulfonamides is 1. The first kappa shape index (κ1) is 19.4. The highest BCUT2D eigenvalue weighted by Crippen LogP contribution is 2.34. The van der Waals surface area contributed by atoms with Crippen molar-refractivity contribution in [3.63, 3.8) is 0 Å². The third-order valence-corrected chi connectivity index (χ3v) is 7.34. The van der Waals surface area contributed by atoms with Crippen LogP contribution in [-0.2, 0) is 16.4 Å². The Morgan fingerprint density at radius 2 is 1.90 bits per heavy atom. The standard InChI is InChI=1S/C22H20N4O4S/c23-22-24-18(15-5-2-1-3-6-15)14-26(22)31(28,29)17-8-9-19-16(13-17)10-11-25(19)21(27)20-7-4-12-30-20/h1-9,12-13,18H,10-11,14H2,(H2,23,24)/t18-/m1/s1. The molecule has 2 aromatic carbocycles. The van der Waals surface area contributed by atoms with Crippen molar-refractivity contribution in [3.05, 3.63) is 83.8 Å². The lowest BCUT2D eigenvalue weighted by atomic mass is 10.1. The Morgan fingerprint density at radius 1 is 1.10 bits per heavy atom. The highest BCUT2D eigenvalue weighted by Gasteiger charge is 2.36. The SMILES string of the molecule is NC1=N[C@@H](c2ccccc2)CN1S(=O)(=O)c1ccc2c(c1)CCN2C(=O)c1ccco1. The molecule has 2 N–H and O–H groups in total. The molecule has 2 aliphatic rings. The van der Waals surface area contributed by atoms with Crippen LogP contribution >= 0.6 is 0 Å². The third-order valence-electron chi connectivity index (χ3n) is 5.58. The number of nitrogens with two attached hydrogens (primary N) is 1. The van der Waals surface area contributed by atoms with Crippen molar-refractivity contribution in [3.8, 4) is 0 Å². The lowest BCUT2D eigenvalue weighted by Crippen LogP contribution is -2.39. The molecule has 8 nitrogen and oxygen atoms in total. The smallest absolute Gasteiger partial charge is 0.293 e. The van der Waals surface area contributed by atoms with Gasteiger partial charge in [0, 0.05) is 12.2 Å². The summed E-state index contributed by atoms with van der Waals surface area (Å²) in [4.78, 5) is 18.7. The summed E-state index contributed by atoms with van der Waals surface area (Å²) in [6.45, 7) is 0.611. The molecule has 9 heteroatoms. The molecule has 0 unspecified atom stereocenters. The van der Waals surface area contributed by atoms with Crippen molar-refractivity contribution < 1.29 is 17.6 Å². The molecule has 0 radical (unpaired) electrons. The Bertz CT molecular complexity index is 1270. The second kappa shape index (κ2) is 7.28. The van der Waals surface area contributed by atoms with E-state index in [1.165, 1.54) is 12.3 Å². The van der Waals surface area contributed by atoms with Crippen LogP contribution in [-0.4, -0.2) is 37.7 Å². The topological polar surface area (TPSA) is 109 Å². The maximum atomic E-state index is 13.3. The van der Waals surface area contributed by atoms with Crippen molar-refractivity contribution in [1.29, 1.82) is 0 Å². The van der Waals surface area contributed by atoms with Crippen LogP contribution in [0.25, 0.3) is 0 Å². The van der Waals surface area contributed by atoms with Gasteiger partial charge in [0.1, 0.15) is 0 Å². The fourth-order valence-corrected chi connectivity index (χ4v) is 5.42. The average Bonchev–Trinajstić information content (AvgIpc) is 3.53. The van der Waals surface area contributed by atoms with Crippen LogP contribution in [0, 0.1) is 0 Å². The normalized spacial score (nSPS) is 18.2. The first-order chi connectivity index (χ1) is 14.9. The highest BCUT2D eigenvalue weighted by atomic mass is 32.2. The van der Waals surface area contributed by atoms with E-state index in [-0.39, 0.29) is 35.1 Å². The van der Waals surface area contributed by atoms with Gasteiger partial charge in [-0.15, -0.1) is 0 Å². The Labute approximate surface area is 179 Å². The van der Waals surface area contributed by atoms with Crippen molar-refractivity contribution in [2.45, 2.75) is 17.4 Å². The second-order valence-electron chi connectivity index (χ2n) is 7.42. The first-order valence-corrected chi connectivity index (χ1v) is 11.3. The van der Waals surface area contributed by atoms with E-state index < -0.39 is 10.0 Å². The van der Waals surface area contributed by atoms with E-state index in [0.29, 0.717) is 18.7 Å². The van der Waals surface area contributed by atoms with Crippen molar-refractivity contribution in [1.82, 2.24) is 4.31 Å². The van der Waals surface area contributed by atoms with Crippen LogP contribution in [0.5, 0.6) is 0 Å². The maximum Gasteiger partial charge on any atom is 0.293 e. The summed E-state index contributed by atoms with van der Waals surface area (Å²) in [6, 6.07) is 17.2. The van der Waals surface area contributed by atoms with Crippen LogP contribution in [0.4, 0.5) is 5.69 Å². The maximum absolute atomic E-state index is 13.3. The molecule has 5 rings (SSSR count). The van der Waals surface area contributed by atoms with Gasteiger partial charge >= 0.3 is 0 Å². The molecule has 0 saturated heterocycles. The predicted molar refractivity (Wildman–Crippen MR) is 115 cm³/mol. The minimum Gasteiger partial charge on any atom is -0.459 e. The van der Waals surface area contributed by atoms with Crippen LogP contribution in [0.2, 0.25) is 0 Å². The van der Waals surface area contributed by atoms with Crippen molar-refractivity contribution in [2.24, 2.45) is 10.7 Å². The monoisotopic (exact) mass is 436 g/mol. The molecule has 1 amide bonds. The van der Waals surface area contributed by atoms with E-state index in [1.54, 1.807) is 29.2 Å². The molecule has 2 aliphatic heterocycles. The van der Waals surface area contributed by atoms with Crippen LogP contribution < -0.4 is 10.6 Å². The van der Waals surface area contributed by atoms with E-state index in [4.69, 9.17) is 10.2 Å². The number of guanidine groups is 1. The zero-order chi connectivity index (χ0) is 21.6. The molecule has 1 aromatic heterocycles. The molecule has 0 aliphatic carbocycles. The minimum absolute atomic E-state index is 0.0241. The van der Waals surface area contributed by atoms with Crippen LogP contribution in [0.1, 0.15) is 27.7 Å². The van der Waals surface area contributed by atoms with E-state index in [1.807, 2.05) is 30.3 Å². The Morgan fingerprint density at radius 3 is 2.65 bits per heavy atom. The number of amides is 1. The van der Waals surface area contributed by atoms with E-state index >= 15 is 0 Å². The Hall–Kier alpha value is -3.59. The summed E-state index contributed by atoms with van der Waals surface area (Å²) >= 11 is 0. The Balaban J connectivity index is 1.41. The fourth-order valence-electron chi connectivity index (χ4n) is 4.00. The number of nitrogens with zero attached hydrogens (tertiary/aromatic N) is 3. The zero-order valence-corrected chi connectivity index (χ0v) is 17.3. The highest BCUT2D eigenvalue weighted by molar-refractivity contribution is 7.89. The predicted octanol–water partition coefficient (Wildman–Crippen LogP) is 2.54. The average molecular weight is 436 g/mol. The zero-order valence-electron chi connectivity index (χ0n) is 16.5. The number of rotatable bonds is 4. The van der Waals surface area contributed by atoms with Gasteiger partial charge in [0.05, 0.1) is 23.7 Å². The molecule has 0 fully saturated rings. The molecule has 0 bridgehead atoms. The van der Waals surface area contributed by atoms with Crippen molar-refractivity contribution in [2.75, 3.05) is 18.0 Å². The van der Waals surface area contributed by atoms with E-state index in [9.17, 15) is 13.2 Å². The number of carbonyl (C=O) groups is 1. The molecular weight excluding hydrogens is 416 g/mol. The number of hydrogen-bond acceptors (Lipinski definition) is 6. The summed E-state index contributed by atoms with van der Waals surface area (Å²) in [6.07, 6.45) is 2.01. The molecule has 0 spiro atoms.